The maximum atomic E-state index is 12.6. The van der Waals surface area contributed by atoms with Gasteiger partial charge in [0.05, 0.1) is 5.54 Å². The van der Waals surface area contributed by atoms with Gasteiger partial charge in [-0.3, -0.25) is 9.69 Å². The lowest BCUT2D eigenvalue weighted by molar-refractivity contribution is -0.131. The first-order chi connectivity index (χ1) is 11.2. The number of carbonyl (C=O) groups excluding carboxylic acids is 1. The van der Waals surface area contributed by atoms with Gasteiger partial charge in [0.1, 0.15) is 11.3 Å². The van der Waals surface area contributed by atoms with E-state index in [1.807, 2.05) is 20.8 Å². The van der Waals surface area contributed by atoms with Gasteiger partial charge in [0, 0.05) is 12.1 Å². The molecule has 2 atom stereocenters. The standard InChI is InChI=1S/C18H24N2O4/c1-16(2,3)18(12-6-4-5-7-13(12)21)9-8-17(20(18)15(23)24)10-11-19-14(17)22/h4-7,21H,8-11H2,1-3H3,(H,19,22)(H,23,24)/t17-,18+/m0/s1. The first-order valence-electron chi connectivity index (χ1n) is 8.27. The van der Waals surface area contributed by atoms with Crippen LogP contribution in [-0.4, -0.2) is 39.2 Å². The molecule has 2 aliphatic heterocycles. The molecule has 0 aliphatic carbocycles. The zero-order valence-corrected chi connectivity index (χ0v) is 14.3. The minimum Gasteiger partial charge on any atom is -0.508 e. The second-order valence-corrected chi connectivity index (χ2v) is 7.78. The summed E-state index contributed by atoms with van der Waals surface area (Å²) >= 11 is 0. The van der Waals surface area contributed by atoms with Crippen molar-refractivity contribution in [2.24, 2.45) is 5.41 Å². The predicted octanol–water partition coefficient (Wildman–Crippen LogP) is 2.67. The lowest BCUT2D eigenvalue weighted by Crippen LogP contribution is -2.62. The predicted molar refractivity (Wildman–Crippen MR) is 88.7 cm³/mol. The van der Waals surface area contributed by atoms with Crippen LogP contribution in [0.4, 0.5) is 4.79 Å². The Morgan fingerprint density at radius 3 is 2.38 bits per heavy atom. The molecule has 24 heavy (non-hydrogen) atoms. The minimum atomic E-state index is -1.12. The summed E-state index contributed by atoms with van der Waals surface area (Å²) < 4.78 is 0. The number of hydrogen-bond donors (Lipinski definition) is 3. The van der Waals surface area contributed by atoms with Gasteiger partial charge in [0.2, 0.25) is 5.91 Å². The number of carboxylic acid groups (broad SMARTS) is 1. The summed E-state index contributed by atoms with van der Waals surface area (Å²) in [6.45, 7) is 6.35. The van der Waals surface area contributed by atoms with Gasteiger partial charge in [0.15, 0.2) is 0 Å². The topological polar surface area (TPSA) is 89.9 Å². The number of benzene rings is 1. The molecule has 2 amide bonds. The van der Waals surface area contributed by atoms with Crippen LogP contribution < -0.4 is 5.32 Å². The number of para-hydroxylation sites is 1. The van der Waals surface area contributed by atoms with E-state index >= 15 is 0 Å². The number of hydrogen-bond acceptors (Lipinski definition) is 3. The zero-order chi connectivity index (χ0) is 17.8. The molecule has 0 bridgehead atoms. The van der Waals surface area contributed by atoms with Gasteiger partial charge in [-0.15, -0.1) is 0 Å². The number of carbonyl (C=O) groups is 2. The maximum Gasteiger partial charge on any atom is 0.408 e. The van der Waals surface area contributed by atoms with Crippen LogP contribution in [0.1, 0.15) is 45.6 Å². The van der Waals surface area contributed by atoms with Crippen LogP contribution >= 0.6 is 0 Å². The molecule has 6 nitrogen and oxygen atoms in total. The lowest BCUT2D eigenvalue weighted by atomic mass is 9.67. The summed E-state index contributed by atoms with van der Waals surface area (Å²) in [4.78, 5) is 26.2. The van der Waals surface area contributed by atoms with Crippen LogP contribution in [0.15, 0.2) is 24.3 Å². The molecule has 6 heteroatoms. The number of phenols is 1. The molecule has 2 fully saturated rings. The highest BCUT2D eigenvalue weighted by Crippen LogP contribution is 2.59. The van der Waals surface area contributed by atoms with E-state index in [1.165, 1.54) is 4.90 Å². The molecule has 130 valence electrons. The third kappa shape index (κ3) is 1.95. The second kappa shape index (κ2) is 5.13. The van der Waals surface area contributed by atoms with E-state index in [9.17, 15) is 19.8 Å². The molecule has 2 heterocycles. The summed E-state index contributed by atoms with van der Waals surface area (Å²) in [5, 5.41) is 23.3. The van der Waals surface area contributed by atoms with Crippen molar-refractivity contribution in [1.29, 1.82) is 0 Å². The summed E-state index contributed by atoms with van der Waals surface area (Å²) in [6, 6.07) is 6.85. The van der Waals surface area contributed by atoms with Gasteiger partial charge in [-0.1, -0.05) is 39.0 Å². The third-order valence-corrected chi connectivity index (χ3v) is 5.74. The van der Waals surface area contributed by atoms with Crippen molar-refractivity contribution in [1.82, 2.24) is 10.2 Å². The molecule has 1 aromatic rings. The molecule has 3 rings (SSSR count). The first-order valence-corrected chi connectivity index (χ1v) is 8.27. The van der Waals surface area contributed by atoms with Crippen molar-refractivity contribution in [3.8, 4) is 5.75 Å². The fourth-order valence-electron chi connectivity index (χ4n) is 4.63. The smallest absolute Gasteiger partial charge is 0.408 e. The van der Waals surface area contributed by atoms with Crippen LogP contribution in [0.5, 0.6) is 5.75 Å². The summed E-state index contributed by atoms with van der Waals surface area (Å²) in [5.74, 6) is -0.166. The summed E-state index contributed by atoms with van der Waals surface area (Å²) in [6.07, 6.45) is 0.288. The van der Waals surface area contributed by atoms with E-state index in [0.29, 0.717) is 31.4 Å². The SMILES string of the molecule is CC(C)(C)[C@]1(c2ccccc2O)CC[C@@]2(CCNC2=O)N1C(=O)O. The fraction of sp³-hybridized carbons (Fsp3) is 0.556. The second-order valence-electron chi connectivity index (χ2n) is 7.78. The monoisotopic (exact) mass is 332 g/mol. The first kappa shape index (κ1) is 16.6. The Kier molecular flexibility index (Phi) is 3.55. The normalized spacial score (nSPS) is 30.0. The Hall–Kier alpha value is -2.24. The molecule has 1 aromatic carbocycles. The average Bonchev–Trinajstić information content (AvgIpc) is 3.02. The van der Waals surface area contributed by atoms with E-state index < -0.39 is 22.6 Å². The lowest BCUT2D eigenvalue weighted by Gasteiger charge is -2.50. The van der Waals surface area contributed by atoms with E-state index in [1.54, 1.807) is 24.3 Å². The van der Waals surface area contributed by atoms with Crippen molar-refractivity contribution in [2.75, 3.05) is 6.54 Å². The third-order valence-electron chi connectivity index (χ3n) is 5.74. The molecule has 2 aliphatic rings. The number of likely N-dealkylation sites (tertiary alicyclic amines) is 1. The molecule has 2 saturated heterocycles. The molecule has 0 aromatic heterocycles. The number of aromatic hydroxyl groups is 1. The molecule has 0 unspecified atom stereocenters. The van der Waals surface area contributed by atoms with Gasteiger partial charge in [-0.05, 0) is 30.7 Å². The van der Waals surface area contributed by atoms with Gasteiger partial charge in [0.25, 0.3) is 0 Å². The van der Waals surface area contributed by atoms with E-state index in [-0.39, 0.29) is 11.7 Å². The highest BCUT2D eigenvalue weighted by Gasteiger charge is 2.66. The molecule has 1 spiro atoms. The molecular weight excluding hydrogens is 308 g/mol. The van der Waals surface area contributed by atoms with Crippen molar-refractivity contribution in [3.63, 3.8) is 0 Å². The Bertz CT molecular complexity index is 697. The minimum absolute atomic E-state index is 0.0640. The molecule has 0 radical (unpaired) electrons. The van der Waals surface area contributed by atoms with Crippen molar-refractivity contribution >= 4 is 12.0 Å². The largest absolute Gasteiger partial charge is 0.508 e. The maximum absolute atomic E-state index is 12.6. The summed E-state index contributed by atoms with van der Waals surface area (Å²) in [5.41, 5.74) is -1.96. The van der Waals surface area contributed by atoms with Crippen LogP contribution in [-0.2, 0) is 10.3 Å². The average molecular weight is 332 g/mol. The van der Waals surface area contributed by atoms with Crippen LogP contribution in [0, 0.1) is 5.41 Å². The number of nitrogens with one attached hydrogen (secondary N) is 1. The van der Waals surface area contributed by atoms with Gasteiger partial charge in [-0.25, -0.2) is 4.79 Å². The quantitative estimate of drug-likeness (QED) is 0.737. The number of amides is 2. The highest BCUT2D eigenvalue weighted by molar-refractivity contribution is 5.93. The van der Waals surface area contributed by atoms with Crippen LogP contribution in [0.3, 0.4) is 0 Å². The van der Waals surface area contributed by atoms with Gasteiger partial charge >= 0.3 is 6.09 Å². The number of rotatable bonds is 1. The molecular formula is C18H24N2O4. The van der Waals surface area contributed by atoms with E-state index in [0.717, 1.165) is 0 Å². The van der Waals surface area contributed by atoms with Crippen molar-refractivity contribution in [3.05, 3.63) is 29.8 Å². The van der Waals surface area contributed by atoms with E-state index in [2.05, 4.69) is 5.32 Å². The van der Waals surface area contributed by atoms with Crippen LogP contribution in [0.25, 0.3) is 0 Å². The Labute approximate surface area is 141 Å². The van der Waals surface area contributed by atoms with Crippen LogP contribution in [0.2, 0.25) is 0 Å². The Morgan fingerprint density at radius 1 is 1.21 bits per heavy atom. The highest BCUT2D eigenvalue weighted by atomic mass is 16.4. The Balaban J connectivity index is 2.29. The fourth-order valence-corrected chi connectivity index (χ4v) is 4.63. The van der Waals surface area contributed by atoms with Crippen molar-refractivity contribution in [2.45, 2.75) is 51.1 Å². The van der Waals surface area contributed by atoms with Crippen molar-refractivity contribution < 1.29 is 19.8 Å². The molecule has 0 saturated carbocycles. The summed E-state index contributed by atoms with van der Waals surface area (Å²) in [7, 11) is 0. The molecule has 3 N–H and O–H groups in total. The number of nitrogens with zero attached hydrogens (tertiary/aromatic N) is 1. The van der Waals surface area contributed by atoms with E-state index in [4.69, 9.17) is 0 Å². The van der Waals surface area contributed by atoms with Gasteiger partial charge < -0.3 is 15.5 Å². The van der Waals surface area contributed by atoms with Gasteiger partial charge in [-0.2, -0.15) is 0 Å². The number of phenolic OH excluding ortho intramolecular Hbond substituents is 1. The Morgan fingerprint density at radius 2 is 1.88 bits per heavy atom. The zero-order valence-electron chi connectivity index (χ0n) is 14.3.